The molecule has 1 fully saturated rings. The number of amides is 2. The highest BCUT2D eigenvalue weighted by Gasteiger charge is 2.26. The van der Waals surface area contributed by atoms with Crippen molar-refractivity contribution in [3.05, 3.63) is 35.4 Å². The van der Waals surface area contributed by atoms with Crippen molar-refractivity contribution in [3.63, 3.8) is 0 Å². The molecular weight excluding hydrogens is 360 g/mol. The maximum absolute atomic E-state index is 12.6. The molecule has 1 aromatic carbocycles. The van der Waals surface area contributed by atoms with Crippen LogP contribution in [-0.2, 0) is 9.59 Å². The maximum atomic E-state index is 12.6. The molecule has 1 heterocycles. The van der Waals surface area contributed by atoms with E-state index in [0.29, 0.717) is 43.5 Å². The number of benzene rings is 1. The maximum Gasteiger partial charge on any atom is 0.303 e. The average molecular weight is 388 g/mol. The molecule has 1 aromatic rings. The van der Waals surface area contributed by atoms with Crippen LogP contribution < -0.4 is 11.1 Å². The number of nitrogen functional groups attached to an aromatic ring is 1. The van der Waals surface area contributed by atoms with E-state index in [0.717, 1.165) is 0 Å². The van der Waals surface area contributed by atoms with E-state index in [1.54, 1.807) is 29.2 Å². The Morgan fingerprint density at radius 3 is 2.29 bits per heavy atom. The summed E-state index contributed by atoms with van der Waals surface area (Å²) < 4.78 is 0. The van der Waals surface area contributed by atoms with Gasteiger partial charge >= 0.3 is 5.97 Å². The molecule has 0 spiro atoms. The van der Waals surface area contributed by atoms with Crippen molar-refractivity contribution in [1.29, 1.82) is 5.41 Å². The highest BCUT2D eigenvalue weighted by atomic mass is 16.4. The van der Waals surface area contributed by atoms with E-state index < -0.39 is 5.97 Å². The number of carbonyl (C=O) groups is 3. The molecule has 2 rings (SSSR count). The molecule has 8 nitrogen and oxygen atoms in total. The lowest BCUT2D eigenvalue weighted by Gasteiger charge is -2.32. The van der Waals surface area contributed by atoms with Gasteiger partial charge in [0.25, 0.3) is 5.91 Å². The van der Waals surface area contributed by atoms with Crippen LogP contribution in [0.1, 0.15) is 54.9 Å². The summed E-state index contributed by atoms with van der Waals surface area (Å²) in [5.74, 6) is -1.02. The second-order valence-electron chi connectivity index (χ2n) is 7.20. The van der Waals surface area contributed by atoms with Crippen LogP contribution in [0.3, 0.4) is 0 Å². The van der Waals surface area contributed by atoms with E-state index in [1.807, 2.05) is 6.92 Å². The lowest BCUT2D eigenvalue weighted by Crippen LogP contribution is -2.43. The average Bonchev–Trinajstić information content (AvgIpc) is 2.67. The molecule has 1 atom stereocenters. The van der Waals surface area contributed by atoms with Gasteiger partial charge in [-0.1, -0.05) is 19.1 Å². The molecular formula is C20H28N4O4. The Bertz CT molecular complexity index is 724. The number of piperidine rings is 1. The lowest BCUT2D eigenvalue weighted by atomic mass is 9.93. The van der Waals surface area contributed by atoms with Gasteiger partial charge in [-0.25, -0.2) is 0 Å². The standard InChI is InChI=1S/C20H28N4O4/c1-2-16(23-20(28)15-5-3-14(4-6-15)19(21)22)12-17(25)24-9-7-13(8-10-24)11-18(26)27/h3-6,13,16H,2,7-12H2,1H3,(H3,21,22)(H,23,28)(H,26,27)/t16-/m1/s1. The third-order valence-electron chi connectivity index (χ3n) is 5.14. The number of hydrogen-bond acceptors (Lipinski definition) is 4. The highest BCUT2D eigenvalue weighted by molar-refractivity contribution is 5.98. The number of nitrogens with two attached hydrogens (primary N) is 1. The van der Waals surface area contributed by atoms with Crippen LogP contribution in [-0.4, -0.2) is 52.8 Å². The molecule has 28 heavy (non-hydrogen) atoms. The molecule has 0 radical (unpaired) electrons. The minimum atomic E-state index is -0.796. The van der Waals surface area contributed by atoms with Crippen LogP contribution in [0, 0.1) is 11.3 Å². The molecule has 0 saturated carbocycles. The Balaban J connectivity index is 1.86. The van der Waals surface area contributed by atoms with Crippen molar-refractivity contribution in [2.24, 2.45) is 11.7 Å². The number of carbonyl (C=O) groups excluding carboxylic acids is 2. The second kappa shape index (κ2) is 9.87. The third-order valence-corrected chi connectivity index (χ3v) is 5.14. The Morgan fingerprint density at radius 1 is 1.21 bits per heavy atom. The van der Waals surface area contributed by atoms with Crippen molar-refractivity contribution in [2.75, 3.05) is 13.1 Å². The van der Waals surface area contributed by atoms with Crippen molar-refractivity contribution in [2.45, 2.75) is 45.1 Å². The number of nitrogens with one attached hydrogen (secondary N) is 2. The minimum Gasteiger partial charge on any atom is -0.481 e. The first kappa shape index (κ1) is 21.4. The van der Waals surface area contributed by atoms with Gasteiger partial charge in [0.1, 0.15) is 5.84 Å². The van der Waals surface area contributed by atoms with Crippen LogP contribution in [0.25, 0.3) is 0 Å². The highest BCUT2D eigenvalue weighted by Crippen LogP contribution is 2.21. The quantitative estimate of drug-likeness (QED) is 0.396. The van der Waals surface area contributed by atoms with E-state index in [9.17, 15) is 14.4 Å². The summed E-state index contributed by atoms with van der Waals surface area (Å²) in [6.07, 6.45) is 2.39. The molecule has 2 amide bonds. The number of hydrogen-bond donors (Lipinski definition) is 4. The first-order valence-corrected chi connectivity index (χ1v) is 9.55. The normalized spacial score (nSPS) is 15.7. The molecule has 0 aliphatic carbocycles. The van der Waals surface area contributed by atoms with Gasteiger partial charge in [0.05, 0.1) is 0 Å². The Labute approximate surface area is 164 Å². The number of likely N-dealkylation sites (tertiary alicyclic amines) is 1. The van der Waals surface area contributed by atoms with Gasteiger partial charge < -0.3 is 21.1 Å². The first-order valence-electron chi connectivity index (χ1n) is 9.55. The molecule has 0 unspecified atom stereocenters. The summed E-state index contributed by atoms with van der Waals surface area (Å²) >= 11 is 0. The monoisotopic (exact) mass is 388 g/mol. The largest absolute Gasteiger partial charge is 0.481 e. The van der Waals surface area contributed by atoms with E-state index >= 15 is 0 Å². The topological polar surface area (TPSA) is 137 Å². The van der Waals surface area contributed by atoms with Crippen LogP contribution >= 0.6 is 0 Å². The minimum absolute atomic E-state index is 0.0205. The Morgan fingerprint density at radius 2 is 1.79 bits per heavy atom. The predicted octanol–water partition coefficient (Wildman–Crippen LogP) is 1.58. The van der Waals surface area contributed by atoms with Gasteiger partial charge in [-0.3, -0.25) is 19.8 Å². The van der Waals surface area contributed by atoms with E-state index in [-0.39, 0.29) is 42.5 Å². The van der Waals surface area contributed by atoms with Crippen LogP contribution in [0.15, 0.2) is 24.3 Å². The molecule has 8 heteroatoms. The molecule has 1 aliphatic heterocycles. The zero-order valence-corrected chi connectivity index (χ0v) is 16.1. The van der Waals surface area contributed by atoms with Crippen molar-refractivity contribution in [1.82, 2.24) is 10.2 Å². The smallest absolute Gasteiger partial charge is 0.303 e. The molecule has 0 bridgehead atoms. The van der Waals surface area contributed by atoms with E-state index in [2.05, 4.69) is 5.32 Å². The molecule has 1 saturated heterocycles. The van der Waals surface area contributed by atoms with Crippen LogP contribution in [0.4, 0.5) is 0 Å². The summed E-state index contributed by atoms with van der Waals surface area (Å²) in [6.45, 7) is 3.04. The summed E-state index contributed by atoms with van der Waals surface area (Å²) in [7, 11) is 0. The molecule has 0 aromatic heterocycles. The number of carboxylic acids is 1. The van der Waals surface area contributed by atoms with Gasteiger partial charge in [0.15, 0.2) is 0 Å². The Kier molecular flexibility index (Phi) is 7.54. The molecule has 152 valence electrons. The summed E-state index contributed by atoms with van der Waals surface area (Å²) in [4.78, 5) is 37.5. The fourth-order valence-electron chi connectivity index (χ4n) is 3.34. The van der Waals surface area contributed by atoms with Crippen molar-refractivity contribution < 1.29 is 19.5 Å². The van der Waals surface area contributed by atoms with E-state index in [1.165, 1.54) is 0 Å². The summed E-state index contributed by atoms with van der Waals surface area (Å²) in [5, 5.41) is 19.1. The fourth-order valence-corrected chi connectivity index (χ4v) is 3.34. The fraction of sp³-hybridized carbons (Fsp3) is 0.500. The number of amidine groups is 1. The SMILES string of the molecule is CC[C@H](CC(=O)N1CCC(CC(=O)O)CC1)NC(=O)c1ccc(C(=N)N)cc1. The number of nitrogens with zero attached hydrogens (tertiary/aromatic N) is 1. The van der Waals surface area contributed by atoms with Gasteiger partial charge in [0, 0.05) is 43.1 Å². The number of rotatable bonds is 8. The summed E-state index contributed by atoms with van der Waals surface area (Å²) in [5.41, 5.74) is 6.41. The van der Waals surface area contributed by atoms with Gasteiger partial charge in [-0.2, -0.15) is 0 Å². The van der Waals surface area contributed by atoms with Gasteiger partial charge in [-0.15, -0.1) is 0 Å². The van der Waals surface area contributed by atoms with Crippen molar-refractivity contribution in [3.8, 4) is 0 Å². The van der Waals surface area contributed by atoms with Gasteiger partial charge in [-0.05, 0) is 37.3 Å². The van der Waals surface area contributed by atoms with Crippen molar-refractivity contribution >= 4 is 23.6 Å². The van der Waals surface area contributed by atoms with Crippen LogP contribution in [0.5, 0.6) is 0 Å². The summed E-state index contributed by atoms with van der Waals surface area (Å²) in [6, 6.07) is 6.17. The van der Waals surface area contributed by atoms with Gasteiger partial charge in [0.2, 0.25) is 5.91 Å². The first-order chi connectivity index (χ1) is 13.3. The van der Waals surface area contributed by atoms with E-state index in [4.69, 9.17) is 16.2 Å². The number of carboxylic acid groups (broad SMARTS) is 1. The second-order valence-corrected chi connectivity index (χ2v) is 7.20. The zero-order valence-electron chi connectivity index (χ0n) is 16.1. The Hall–Kier alpha value is -2.90. The molecule has 1 aliphatic rings. The number of aliphatic carboxylic acids is 1. The van der Waals surface area contributed by atoms with Crippen LogP contribution in [0.2, 0.25) is 0 Å². The molecule has 5 N–H and O–H groups in total. The lowest BCUT2D eigenvalue weighted by molar-refractivity contribution is -0.138. The zero-order chi connectivity index (χ0) is 20.7. The third kappa shape index (κ3) is 6.07. The predicted molar refractivity (Wildman–Crippen MR) is 105 cm³/mol.